The second kappa shape index (κ2) is 7.49. The van der Waals surface area contributed by atoms with E-state index < -0.39 is 5.60 Å². The number of ether oxygens (including phenoxy) is 1. The standard InChI is InChI=1S/C21H31N3O3/c1-23-12-18(14-27-13-17-4-2-8-22-11-17)20(15-23)7-9-24(16-20)19(25)10-21(26)5-3-6-21/h2,4,8,11,18,26H,3,5-7,9-10,12-16H2,1H3/t18-,20+/m0/s1. The first kappa shape index (κ1) is 18.8. The first-order valence-corrected chi connectivity index (χ1v) is 10.1. The molecular formula is C21H31N3O3. The molecule has 2 aliphatic heterocycles. The van der Waals surface area contributed by atoms with Crippen LogP contribution in [0, 0.1) is 11.3 Å². The third-order valence-corrected chi connectivity index (χ3v) is 6.80. The van der Waals surface area contributed by atoms with Crippen LogP contribution in [0.15, 0.2) is 24.5 Å². The van der Waals surface area contributed by atoms with Gasteiger partial charge in [-0.2, -0.15) is 0 Å². The number of hydrogen-bond donors (Lipinski definition) is 1. The molecule has 1 spiro atoms. The van der Waals surface area contributed by atoms with Gasteiger partial charge in [0.15, 0.2) is 0 Å². The van der Waals surface area contributed by atoms with Gasteiger partial charge in [-0.05, 0) is 44.4 Å². The molecule has 1 saturated carbocycles. The maximum absolute atomic E-state index is 12.7. The van der Waals surface area contributed by atoms with Gasteiger partial charge in [-0.3, -0.25) is 9.78 Å². The zero-order chi connectivity index (χ0) is 18.9. The van der Waals surface area contributed by atoms with E-state index in [4.69, 9.17) is 4.74 Å². The average molecular weight is 373 g/mol. The Morgan fingerprint density at radius 2 is 2.22 bits per heavy atom. The Morgan fingerprint density at radius 1 is 1.37 bits per heavy atom. The van der Waals surface area contributed by atoms with E-state index in [1.807, 2.05) is 23.2 Å². The molecule has 6 nitrogen and oxygen atoms in total. The number of aliphatic hydroxyl groups is 1. The van der Waals surface area contributed by atoms with Gasteiger partial charge in [0, 0.05) is 49.9 Å². The van der Waals surface area contributed by atoms with Crippen LogP contribution in [0.3, 0.4) is 0 Å². The molecule has 4 rings (SSSR count). The van der Waals surface area contributed by atoms with Crippen LogP contribution in [0.5, 0.6) is 0 Å². The van der Waals surface area contributed by atoms with Gasteiger partial charge in [0.25, 0.3) is 0 Å². The third kappa shape index (κ3) is 4.03. The molecule has 6 heteroatoms. The fourth-order valence-electron chi connectivity index (χ4n) is 5.06. The Balaban J connectivity index is 1.33. The molecule has 1 aliphatic carbocycles. The van der Waals surface area contributed by atoms with Gasteiger partial charge >= 0.3 is 0 Å². The lowest BCUT2D eigenvalue weighted by Gasteiger charge is -2.37. The van der Waals surface area contributed by atoms with Crippen LogP contribution in [-0.2, 0) is 16.1 Å². The highest BCUT2D eigenvalue weighted by molar-refractivity contribution is 5.77. The van der Waals surface area contributed by atoms with E-state index in [-0.39, 0.29) is 11.3 Å². The number of carbonyl (C=O) groups is 1. The van der Waals surface area contributed by atoms with Gasteiger partial charge in [-0.25, -0.2) is 0 Å². The molecule has 148 valence electrons. The van der Waals surface area contributed by atoms with Crippen molar-refractivity contribution < 1.29 is 14.6 Å². The third-order valence-electron chi connectivity index (χ3n) is 6.80. The number of carbonyl (C=O) groups excluding carboxylic acids is 1. The van der Waals surface area contributed by atoms with Gasteiger partial charge < -0.3 is 19.6 Å². The molecule has 27 heavy (non-hydrogen) atoms. The minimum Gasteiger partial charge on any atom is -0.389 e. The Morgan fingerprint density at radius 3 is 2.93 bits per heavy atom. The minimum atomic E-state index is -0.731. The molecule has 1 N–H and O–H groups in total. The van der Waals surface area contributed by atoms with Crippen LogP contribution in [0.25, 0.3) is 0 Å². The number of pyridine rings is 1. The SMILES string of the molecule is CN1C[C@@H](COCc2cccnc2)[C@]2(CCN(C(=O)CC3(O)CCC3)C2)C1. The molecule has 1 amide bonds. The molecule has 1 aromatic rings. The summed E-state index contributed by atoms with van der Waals surface area (Å²) in [4.78, 5) is 21.2. The smallest absolute Gasteiger partial charge is 0.225 e. The predicted octanol–water partition coefficient (Wildman–Crippen LogP) is 1.68. The normalized spacial score (nSPS) is 30.0. The second-order valence-electron chi connectivity index (χ2n) is 8.95. The Kier molecular flexibility index (Phi) is 5.23. The number of amides is 1. The van der Waals surface area contributed by atoms with Crippen molar-refractivity contribution in [2.75, 3.05) is 39.8 Å². The Labute approximate surface area is 161 Å². The molecule has 3 fully saturated rings. The summed E-state index contributed by atoms with van der Waals surface area (Å²) in [5, 5.41) is 10.3. The van der Waals surface area contributed by atoms with Crippen molar-refractivity contribution in [3.63, 3.8) is 0 Å². The van der Waals surface area contributed by atoms with Crippen molar-refractivity contribution in [1.29, 1.82) is 0 Å². The predicted molar refractivity (Wildman–Crippen MR) is 102 cm³/mol. The molecule has 0 radical (unpaired) electrons. The number of rotatable bonds is 6. The maximum Gasteiger partial charge on any atom is 0.225 e. The van der Waals surface area contributed by atoms with Crippen LogP contribution in [-0.4, -0.2) is 71.2 Å². The van der Waals surface area contributed by atoms with Gasteiger partial charge in [-0.15, -0.1) is 0 Å². The fourth-order valence-corrected chi connectivity index (χ4v) is 5.06. The van der Waals surface area contributed by atoms with Crippen LogP contribution >= 0.6 is 0 Å². The topological polar surface area (TPSA) is 65.9 Å². The molecule has 2 saturated heterocycles. The van der Waals surface area contributed by atoms with E-state index in [9.17, 15) is 9.90 Å². The van der Waals surface area contributed by atoms with Gasteiger partial charge in [0.05, 0.1) is 25.2 Å². The molecular weight excluding hydrogens is 342 g/mol. The molecule has 0 aromatic carbocycles. The van der Waals surface area contributed by atoms with E-state index in [0.717, 1.165) is 57.4 Å². The van der Waals surface area contributed by atoms with Crippen molar-refractivity contribution in [2.45, 2.75) is 44.3 Å². The van der Waals surface area contributed by atoms with Crippen molar-refractivity contribution in [3.05, 3.63) is 30.1 Å². The van der Waals surface area contributed by atoms with Crippen molar-refractivity contribution in [2.24, 2.45) is 11.3 Å². The van der Waals surface area contributed by atoms with Crippen molar-refractivity contribution >= 4 is 5.91 Å². The average Bonchev–Trinajstić information content (AvgIpc) is 3.18. The molecule has 0 unspecified atom stereocenters. The summed E-state index contributed by atoms with van der Waals surface area (Å²) in [6.07, 6.45) is 7.52. The zero-order valence-corrected chi connectivity index (χ0v) is 16.3. The summed E-state index contributed by atoms with van der Waals surface area (Å²) in [5.41, 5.74) is 0.488. The monoisotopic (exact) mass is 373 g/mol. The Hall–Kier alpha value is -1.50. The lowest BCUT2D eigenvalue weighted by Crippen LogP contribution is -2.44. The van der Waals surface area contributed by atoms with E-state index in [2.05, 4.69) is 16.9 Å². The number of aromatic nitrogens is 1. The molecule has 0 bridgehead atoms. The summed E-state index contributed by atoms with van der Waals surface area (Å²) in [6.45, 7) is 4.93. The van der Waals surface area contributed by atoms with E-state index >= 15 is 0 Å². The van der Waals surface area contributed by atoms with Crippen molar-refractivity contribution in [3.8, 4) is 0 Å². The summed E-state index contributed by atoms with van der Waals surface area (Å²) in [6, 6.07) is 3.96. The van der Waals surface area contributed by atoms with Crippen LogP contribution in [0.2, 0.25) is 0 Å². The first-order chi connectivity index (χ1) is 13.0. The van der Waals surface area contributed by atoms with Crippen LogP contribution in [0.4, 0.5) is 0 Å². The molecule has 3 aliphatic rings. The lowest BCUT2D eigenvalue weighted by atomic mass is 9.77. The molecule has 3 heterocycles. The Bertz CT molecular complexity index is 664. The van der Waals surface area contributed by atoms with E-state index in [1.165, 1.54) is 0 Å². The maximum atomic E-state index is 12.7. The highest BCUT2D eigenvalue weighted by Crippen LogP contribution is 2.44. The van der Waals surface area contributed by atoms with Gasteiger partial charge in [0.2, 0.25) is 5.91 Å². The summed E-state index contributed by atoms with van der Waals surface area (Å²) >= 11 is 0. The van der Waals surface area contributed by atoms with Crippen molar-refractivity contribution in [1.82, 2.24) is 14.8 Å². The summed E-state index contributed by atoms with van der Waals surface area (Å²) < 4.78 is 6.03. The number of likely N-dealkylation sites (tertiary alicyclic amines) is 2. The van der Waals surface area contributed by atoms with E-state index in [0.29, 0.717) is 25.6 Å². The van der Waals surface area contributed by atoms with E-state index in [1.54, 1.807) is 6.20 Å². The lowest BCUT2D eigenvalue weighted by molar-refractivity contribution is -0.139. The second-order valence-corrected chi connectivity index (χ2v) is 8.95. The summed E-state index contributed by atoms with van der Waals surface area (Å²) in [5.74, 6) is 0.558. The largest absolute Gasteiger partial charge is 0.389 e. The minimum absolute atomic E-state index is 0.124. The van der Waals surface area contributed by atoms with Gasteiger partial charge in [0.1, 0.15) is 0 Å². The summed E-state index contributed by atoms with van der Waals surface area (Å²) in [7, 11) is 2.16. The highest BCUT2D eigenvalue weighted by atomic mass is 16.5. The molecule has 2 atom stereocenters. The van der Waals surface area contributed by atoms with Gasteiger partial charge in [-0.1, -0.05) is 6.07 Å². The first-order valence-electron chi connectivity index (χ1n) is 10.1. The number of hydrogen-bond acceptors (Lipinski definition) is 5. The van der Waals surface area contributed by atoms with Crippen LogP contribution < -0.4 is 0 Å². The van der Waals surface area contributed by atoms with Crippen LogP contribution in [0.1, 0.15) is 37.7 Å². The fraction of sp³-hybridized carbons (Fsp3) is 0.714. The quantitative estimate of drug-likeness (QED) is 0.822. The number of nitrogens with zero attached hydrogens (tertiary/aromatic N) is 3. The molecule has 1 aromatic heterocycles. The zero-order valence-electron chi connectivity index (χ0n) is 16.3. The highest BCUT2D eigenvalue weighted by Gasteiger charge is 2.51.